The average molecular weight is 302 g/mol. The topological polar surface area (TPSA) is 38.3 Å². The van der Waals surface area contributed by atoms with Gasteiger partial charge in [-0.15, -0.1) is 0 Å². The van der Waals surface area contributed by atoms with Gasteiger partial charge >= 0.3 is 5.97 Å². The van der Waals surface area contributed by atoms with E-state index in [-0.39, 0.29) is 18.6 Å². The van der Waals surface area contributed by atoms with E-state index in [2.05, 4.69) is 17.4 Å². The van der Waals surface area contributed by atoms with Crippen LogP contribution in [-0.4, -0.2) is 12.0 Å². The minimum absolute atomic E-state index is 0.218. The molecule has 0 bridgehead atoms. The van der Waals surface area contributed by atoms with Gasteiger partial charge in [0.15, 0.2) is 0 Å². The number of ether oxygens (including phenoxy) is 1. The van der Waals surface area contributed by atoms with Crippen molar-refractivity contribution in [2.45, 2.75) is 25.6 Å². The van der Waals surface area contributed by atoms with Crippen LogP contribution in [0.1, 0.15) is 16.7 Å². The summed E-state index contributed by atoms with van der Waals surface area (Å²) in [6.07, 6.45) is 0.671. The number of hydrogen-bond acceptors (Lipinski definition) is 3. The van der Waals surface area contributed by atoms with E-state index in [9.17, 15) is 4.79 Å². The molecule has 1 heterocycles. The third kappa shape index (κ3) is 3.43. The van der Waals surface area contributed by atoms with Gasteiger partial charge in [-0.2, -0.15) is 0 Å². The predicted octanol–water partition coefficient (Wildman–Crippen LogP) is 3.10. The fourth-order valence-electron chi connectivity index (χ4n) is 2.50. The fourth-order valence-corrected chi connectivity index (χ4v) is 2.72. The van der Waals surface area contributed by atoms with Crippen molar-refractivity contribution in [2.75, 3.05) is 0 Å². The van der Waals surface area contributed by atoms with E-state index < -0.39 is 0 Å². The number of esters is 1. The smallest absolute Gasteiger partial charge is 0.323 e. The number of hydrogen-bond donors (Lipinski definition) is 1. The Morgan fingerprint density at radius 3 is 2.81 bits per heavy atom. The zero-order valence-electron chi connectivity index (χ0n) is 11.5. The Morgan fingerprint density at radius 1 is 1.19 bits per heavy atom. The summed E-state index contributed by atoms with van der Waals surface area (Å²) in [5, 5.41) is 3.87. The van der Waals surface area contributed by atoms with Crippen LogP contribution in [-0.2, 0) is 29.1 Å². The lowest BCUT2D eigenvalue weighted by molar-refractivity contribution is -0.147. The van der Waals surface area contributed by atoms with Crippen molar-refractivity contribution in [3.63, 3.8) is 0 Å². The second kappa shape index (κ2) is 6.29. The maximum Gasteiger partial charge on any atom is 0.323 e. The van der Waals surface area contributed by atoms with Gasteiger partial charge in [-0.1, -0.05) is 48.0 Å². The maximum atomic E-state index is 12.1. The molecule has 3 nitrogen and oxygen atoms in total. The Bertz CT molecular complexity index is 657. The summed E-state index contributed by atoms with van der Waals surface area (Å²) in [4.78, 5) is 12.1. The molecule has 0 spiro atoms. The standard InChI is InChI=1S/C17H16ClNO2/c18-15-7-3-4-12(8-15)11-21-17(20)16-9-13-5-1-2-6-14(13)10-19-16/h1-8,16,19H,9-11H2. The van der Waals surface area contributed by atoms with E-state index in [4.69, 9.17) is 16.3 Å². The van der Waals surface area contributed by atoms with Crippen LogP contribution in [0.15, 0.2) is 48.5 Å². The number of nitrogens with one attached hydrogen (secondary N) is 1. The summed E-state index contributed by atoms with van der Waals surface area (Å²) in [5.74, 6) is -0.218. The Balaban J connectivity index is 1.59. The van der Waals surface area contributed by atoms with Crippen molar-refractivity contribution in [3.05, 3.63) is 70.2 Å². The first-order valence-corrected chi connectivity index (χ1v) is 7.31. The quantitative estimate of drug-likeness (QED) is 0.885. The van der Waals surface area contributed by atoms with Gasteiger partial charge in [-0.3, -0.25) is 4.79 Å². The summed E-state index contributed by atoms with van der Waals surface area (Å²) in [7, 11) is 0. The van der Waals surface area contributed by atoms with Crippen LogP contribution in [0.2, 0.25) is 5.02 Å². The molecule has 0 amide bonds. The number of rotatable bonds is 3. The summed E-state index contributed by atoms with van der Waals surface area (Å²) in [6, 6.07) is 15.2. The SMILES string of the molecule is O=C(OCc1cccc(Cl)c1)C1Cc2ccccc2CN1. The number of carbonyl (C=O) groups is 1. The molecule has 0 saturated heterocycles. The molecule has 2 aromatic carbocycles. The molecule has 108 valence electrons. The normalized spacial score (nSPS) is 17.1. The highest BCUT2D eigenvalue weighted by molar-refractivity contribution is 6.30. The molecule has 4 heteroatoms. The van der Waals surface area contributed by atoms with E-state index in [1.165, 1.54) is 11.1 Å². The van der Waals surface area contributed by atoms with Crippen LogP contribution in [0.25, 0.3) is 0 Å². The van der Waals surface area contributed by atoms with Crippen molar-refractivity contribution >= 4 is 17.6 Å². The molecule has 21 heavy (non-hydrogen) atoms. The molecule has 1 aliphatic rings. The Labute approximate surface area is 128 Å². The van der Waals surface area contributed by atoms with Gasteiger partial charge < -0.3 is 10.1 Å². The number of carbonyl (C=O) groups excluding carboxylic acids is 1. The molecule has 0 saturated carbocycles. The minimum atomic E-state index is -0.279. The molecule has 1 aliphatic heterocycles. The van der Waals surface area contributed by atoms with Gasteiger partial charge in [0, 0.05) is 11.6 Å². The Kier molecular flexibility index (Phi) is 4.23. The van der Waals surface area contributed by atoms with Crippen LogP contribution < -0.4 is 5.32 Å². The lowest BCUT2D eigenvalue weighted by Crippen LogP contribution is -2.42. The first-order chi connectivity index (χ1) is 10.2. The average Bonchev–Trinajstić information content (AvgIpc) is 2.52. The van der Waals surface area contributed by atoms with E-state index in [1.807, 2.05) is 24.3 Å². The molecule has 0 fully saturated rings. The highest BCUT2D eigenvalue weighted by Gasteiger charge is 2.25. The largest absolute Gasteiger partial charge is 0.460 e. The summed E-state index contributed by atoms with van der Waals surface area (Å²) >= 11 is 5.91. The number of benzene rings is 2. The van der Waals surface area contributed by atoms with Crippen molar-refractivity contribution in [1.29, 1.82) is 0 Å². The van der Waals surface area contributed by atoms with Gasteiger partial charge in [-0.05, 0) is 35.2 Å². The molecule has 0 aliphatic carbocycles. The van der Waals surface area contributed by atoms with Crippen LogP contribution in [0.3, 0.4) is 0 Å². The monoisotopic (exact) mass is 301 g/mol. The highest BCUT2D eigenvalue weighted by Crippen LogP contribution is 2.17. The first kappa shape index (κ1) is 14.1. The lowest BCUT2D eigenvalue weighted by Gasteiger charge is -2.24. The zero-order chi connectivity index (χ0) is 14.7. The van der Waals surface area contributed by atoms with E-state index in [0.717, 1.165) is 5.56 Å². The molecular formula is C17H16ClNO2. The third-order valence-electron chi connectivity index (χ3n) is 3.64. The summed E-state index contributed by atoms with van der Waals surface area (Å²) in [6.45, 7) is 0.951. The second-order valence-electron chi connectivity index (χ2n) is 5.14. The van der Waals surface area contributed by atoms with Crippen LogP contribution in [0.5, 0.6) is 0 Å². The van der Waals surface area contributed by atoms with E-state index in [0.29, 0.717) is 18.0 Å². The second-order valence-corrected chi connectivity index (χ2v) is 5.58. The third-order valence-corrected chi connectivity index (χ3v) is 3.87. The van der Waals surface area contributed by atoms with E-state index in [1.54, 1.807) is 12.1 Å². The van der Waals surface area contributed by atoms with Crippen molar-refractivity contribution in [1.82, 2.24) is 5.32 Å². The Morgan fingerprint density at radius 2 is 2.00 bits per heavy atom. The van der Waals surface area contributed by atoms with Gasteiger partial charge in [0.25, 0.3) is 0 Å². The van der Waals surface area contributed by atoms with E-state index >= 15 is 0 Å². The molecular weight excluding hydrogens is 286 g/mol. The number of halogens is 1. The van der Waals surface area contributed by atoms with Crippen molar-refractivity contribution < 1.29 is 9.53 Å². The molecule has 1 unspecified atom stereocenters. The molecule has 1 N–H and O–H groups in total. The number of fused-ring (bicyclic) bond motifs is 1. The predicted molar refractivity (Wildman–Crippen MR) is 82.0 cm³/mol. The zero-order valence-corrected chi connectivity index (χ0v) is 12.3. The van der Waals surface area contributed by atoms with Gasteiger partial charge in [-0.25, -0.2) is 0 Å². The Hall–Kier alpha value is -1.84. The molecule has 0 radical (unpaired) electrons. The van der Waals surface area contributed by atoms with Crippen LogP contribution >= 0.6 is 11.6 Å². The molecule has 2 aromatic rings. The van der Waals surface area contributed by atoms with Gasteiger partial charge in [0.05, 0.1) is 0 Å². The first-order valence-electron chi connectivity index (χ1n) is 6.93. The molecule has 0 aromatic heterocycles. The summed E-state index contributed by atoms with van der Waals surface area (Å²) in [5.41, 5.74) is 3.35. The molecule has 3 rings (SSSR count). The van der Waals surface area contributed by atoms with Crippen molar-refractivity contribution in [3.8, 4) is 0 Å². The van der Waals surface area contributed by atoms with Crippen molar-refractivity contribution in [2.24, 2.45) is 0 Å². The molecule has 1 atom stereocenters. The minimum Gasteiger partial charge on any atom is -0.460 e. The highest BCUT2D eigenvalue weighted by atomic mass is 35.5. The fraction of sp³-hybridized carbons (Fsp3) is 0.235. The van der Waals surface area contributed by atoms with Crippen LogP contribution in [0.4, 0.5) is 0 Å². The van der Waals surface area contributed by atoms with Gasteiger partial charge in [0.1, 0.15) is 12.6 Å². The summed E-state index contributed by atoms with van der Waals surface area (Å²) < 4.78 is 5.38. The van der Waals surface area contributed by atoms with Crippen LogP contribution in [0, 0.1) is 0 Å². The lowest BCUT2D eigenvalue weighted by atomic mass is 9.96. The van der Waals surface area contributed by atoms with Gasteiger partial charge in [0.2, 0.25) is 0 Å². The maximum absolute atomic E-state index is 12.1.